The molecule has 0 aliphatic heterocycles. The Labute approximate surface area is 104 Å². The lowest BCUT2D eigenvalue weighted by Crippen LogP contribution is -2.34. The van der Waals surface area contributed by atoms with E-state index in [4.69, 9.17) is 10.4 Å². The van der Waals surface area contributed by atoms with Gasteiger partial charge in [-0.1, -0.05) is 0 Å². The summed E-state index contributed by atoms with van der Waals surface area (Å²) in [6, 6.07) is 3.11. The molecule has 0 aliphatic rings. The Morgan fingerprint density at radius 1 is 1.67 bits per heavy atom. The average molecular weight is 250 g/mol. The lowest BCUT2D eigenvalue weighted by atomic mass is 10.2. The molecule has 1 N–H and O–H groups in total. The standard InChI is InChI=1S/C11H14N4O3/c1-8(2)14(3-4-16)11-9(6-12)5-10(7-13-11)15(17)18/h5,7-8,16H,3-4H2,1-2H3. The molecule has 0 fully saturated rings. The maximum Gasteiger partial charge on any atom is 0.289 e. The van der Waals surface area contributed by atoms with Crippen molar-refractivity contribution in [3.05, 3.63) is 27.9 Å². The zero-order chi connectivity index (χ0) is 13.7. The van der Waals surface area contributed by atoms with E-state index in [2.05, 4.69) is 4.98 Å². The minimum atomic E-state index is -0.594. The first kappa shape index (κ1) is 13.9. The van der Waals surface area contributed by atoms with Gasteiger partial charge in [-0.15, -0.1) is 0 Å². The zero-order valence-corrected chi connectivity index (χ0v) is 10.2. The zero-order valence-electron chi connectivity index (χ0n) is 10.2. The Morgan fingerprint density at radius 3 is 2.78 bits per heavy atom. The molecule has 1 aromatic heterocycles. The van der Waals surface area contributed by atoms with Crippen molar-refractivity contribution in [2.24, 2.45) is 0 Å². The number of hydrogen-bond acceptors (Lipinski definition) is 6. The largest absolute Gasteiger partial charge is 0.395 e. The maximum absolute atomic E-state index is 10.6. The van der Waals surface area contributed by atoms with Crippen LogP contribution in [-0.4, -0.2) is 34.2 Å². The van der Waals surface area contributed by atoms with Gasteiger partial charge in [-0.05, 0) is 13.8 Å². The summed E-state index contributed by atoms with van der Waals surface area (Å²) in [5.74, 6) is 0.354. The molecule has 7 heteroatoms. The first-order valence-corrected chi connectivity index (χ1v) is 5.43. The number of nitriles is 1. The molecule has 1 heterocycles. The minimum absolute atomic E-state index is 0.0261. The Kier molecular flexibility index (Phi) is 4.57. The van der Waals surface area contributed by atoms with E-state index >= 15 is 0 Å². The average Bonchev–Trinajstić information content (AvgIpc) is 2.34. The molecule has 0 saturated carbocycles. The molecule has 96 valence electrons. The molecule has 0 spiro atoms. The van der Waals surface area contributed by atoms with Crippen LogP contribution in [0.5, 0.6) is 0 Å². The summed E-state index contributed by atoms with van der Waals surface area (Å²) >= 11 is 0. The van der Waals surface area contributed by atoms with Crippen LogP contribution in [0.2, 0.25) is 0 Å². The highest BCUT2D eigenvalue weighted by atomic mass is 16.6. The summed E-state index contributed by atoms with van der Waals surface area (Å²) < 4.78 is 0. The van der Waals surface area contributed by atoms with E-state index in [1.807, 2.05) is 19.9 Å². The van der Waals surface area contributed by atoms with Crippen LogP contribution < -0.4 is 4.90 Å². The van der Waals surface area contributed by atoms with Gasteiger partial charge in [-0.25, -0.2) is 4.98 Å². The van der Waals surface area contributed by atoms with Gasteiger partial charge < -0.3 is 10.0 Å². The van der Waals surface area contributed by atoms with Gasteiger partial charge in [0.2, 0.25) is 0 Å². The molecule has 0 aromatic carbocycles. The molecule has 1 rings (SSSR count). The van der Waals surface area contributed by atoms with Crippen LogP contribution in [0.1, 0.15) is 19.4 Å². The summed E-state index contributed by atoms with van der Waals surface area (Å²) in [5.41, 5.74) is -0.0886. The number of aliphatic hydroxyl groups is 1. The third-order valence-electron chi connectivity index (χ3n) is 2.42. The van der Waals surface area contributed by atoms with Crippen molar-refractivity contribution in [3.63, 3.8) is 0 Å². The highest BCUT2D eigenvalue weighted by Gasteiger charge is 2.18. The van der Waals surface area contributed by atoms with Gasteiger partial charge >= 0.3 is 0 Å². The summed E-state index contributed by atoms with van der Waals surface area (Å²) in [5, 5.41) is 28.6. The normalized spacial score (nSPS) is 10.2. The number of nitrogens with zero attached hydrogens (tertiary/aromatic N) is 4. The SMILES string of the molecule is CC(C)N(CCO)c1ncc([N+](=O)[O-])cc1C#N. The van der Waals surface area contributed by atoms with Crippen LogP contribution in [0.25, 0.3) is 0 Å². The molecule has 18 heavy (non-hydrogen) atoms. The predicted octanol–water partition coefficient (Wildman–Crippen LogP) is 1.07. The molecule has 1 aromatic rings. The fourth-order valence-electron chi connectivity index (χ4n) is 1.57. The van der Waals surface area contributed by atoms with Crippen molar-refractivity contribution in [1.82, 2.24) is 4.98 Å². The number of pyridine rings is 1. The van der Waals surface area contributed by atoms with E-state index in [1.54, 1.807) is 4.90 Å². The third-order valence-corrected chi connectivity index (χ3v) is 2.42. The lowest BCUT2D eigenvalue weighted by Gasteiger charge is -2.27. The molecule has 0 aliphatic carbocycles. The molecule has 0 bridgehead atoms. The summed E-state index contributed by atoms with van der Waals surface area (Å²) in [6.07, 6.45) is 1.11. The highest BCUT2D eigenvalue weighted by molar-refractivity contribution is 5.57. The first-order valence-electron chi connectivity index (χ1n) is 5.43. The number of rotatable bonds is 5. The van der Waals surface area contributed by atoms with Crippen molar-refractivity contribution in [1.29, 1.82) is 5.26 Å². The fraction of sp³-hybridized carbons (Fsp3) is 0.455. The van der Waals surface area contributed by atoms with Crippen LogP contribution >= 0.6 is 0 Å². The summed E-state index contributed by atoms with van der Waals surface area (Å²) in [4.78, 5) is 15.7. The van der Waals surface area contributed by atoms with Gasteiger partial charge in [-0.3, -0.25) is 10.1 Å². The van der Waals surface area contributed by atoms with Crippen molar-refractivity contribution < 1.29 is 10.0 Å². The van der Waals surface area contributed by atoms with Crippen molar-refractivity contribution >= 4 is 11.5 Å². The number of aliphatic hydroxyl groups excluding tert-OH is 1. The molecular formula is C11H14N4O3. The van der Waals surface area contributed by atoms with E-state index in [1.165, 1.54) is 6.07 Å². The van der Waals surface area contributed by atoms with Crippen molar-refractivity contribution in [2.45, 2.75) is 19.9 Å². The first-order chi connectivity index (χ1) is 8.51. The topological polar surface area (TPSA) is 103 Å². The second-order valence-corrected chi connectivity index (χ2v) is 3.94. The van der Waals surface area contributed by atoms with Crippen molar-refractivity contribution in [2.75, 3.05) is 18.1 Å². The maximum atomic E-state index is 10.6. The molecule has 0 unspecified atom stereocenters. The van der Waals surface area contributed by atoms with E-state index in [9.17, 15) is 10.1 Å². The Hall–Kier alpha value is -2.20. The highest BCUT2D eigenvalue weighted by Crippen LogP contribution is 2.23. The Morgan fingerprint density at radius 2 is 2.33 bits per heavy atom. The van der Waals surface area contributed by atoms with Gasteiger partial charge in [0.1, 0.15) is 23.6 Å². The van der Waals surface area contributed by atoms with Crippen LogP contribution in [-0.2, 0) is 0 Å². The number of nitro groups is 1. The quantitative estimate of drug-likeness (QED) is 0.619. The molecule has 0 radical (unpaired) electrons. The second-order valence-electron chi connectivity index (χ2n) is 3.94. The smallest absolute Gasteiger partial charge is 0.289 e. The fourth-order valence-corrected chi connectivity index (χ4v) is 1.57. The van der Waals surface area contributed by atoms with Gasteiger partial charge in [0.25, 0.3) is 5.69 Å². The van der Waals surface area contributed by atoms with E-state index < -0.39 is 4.92 Å². The number of aromatic nitrogens is 1. The van der Waals surface area contributed by atoms with Crippen LogP contribution in [0.4, 0.5) is 11.5 Å². The summed E-state index contributed by atoms with van der Waals surface area (Å²) in [7, 11) is 0. The minimum Gasteiger partial charge on any atom is -0.395 e. The summed E-state index contributed by atoms with van der Waals surface area (Å²) in [6.45, 7) is 4.01. The van der Waals surface area contributed by atoms with Gasteiger partial charge in [0.15, 0.2) is 0 Å². The molecule has 0 saturated heterocycles. The molecule has 0 atom stereocenters. The van der Waals surface area contributed by atoms with Gasteiger partial charge in [0.05, 0.1) is 11.5 Å². The monoisotopic (exact) mass is 250 g/mol. The molecule has 0 amide bonds. The predicted molar refractivity (Wildman–Crippen MR) is 65.2 cm³/mol. The lowest BCUT2D eigenvalue weighted by molar-refractivity contribution is -0.385. The van der Waals surface area contributed by atoms with Gasteiger partial charge in [-0.2, -0.15) is 5.26 Å². The Balaban J connectivity index is 3.23. The van der Waals surface area contributed by atoms with Crippen LogP contribution in [0, 0.1) is 21.4 Å². The van der Waals surface area contributed by atoms with E-state index in [0.717, 1.165) is 6.20 Å². The van der Waals surface area contributed by atoms with E-state index in [0.29, 0.717) is 12.4 Å². The Bertz CT molecular complexity index is 482. The number of hydrogen-bond donors (Lipinski definition) is 1. The van der Waals surface area contributed by atoms with E-state index in [-0.39, 0.29) is 23.9 Å². The van der Waals surface area contributed by atoms with Crippen molar-refractivity contribution in [3.8, 4) is 6.07 Å². The third kappa shape index (κ3) is 2.93. The number of anilines is 1. The van der Waals surface area contributed by atoms with Crippen LogP contribution in [0.15, 0.2) is 12.3 Å². The molecular weight excluding hydrogens is 236 g/mol. The second kappa shape index (κ2) is 5.93. The molecule has 7 nitrogen and oxygen atoms in total. The van der Waals surface area contributed by atoms with Crippen LogP contribution in [0.3, 0.4) is 0 Å². The van der Waals surface area contributed by atoms with Gasteiger partial charge in [0, 0.05) is 18.7 Å².